The molecule has 0 saturated carbocycles. The molecular formula is C21H40F2O5Si3. The molecule has 1 rings (SSSR count). The lowest BCUT2D eigenvalue weighted by molar-refractivity contribution is -0.249. The third kappa shape index (κ3) is 8.77. The Labute approximate surface area is 189 Å². The maximum absolute atomic E-state index is 13.0. The fourth-order valence-corrected chi connectivity index (χ4v) is 12.1. The van der Waals surface area contributed by atoms with E-state index in [-0.39, 0.29) is 0 Å². The first-order valence-corrected chi connectivity index (χ1v) is 19.0. The quantitative estimate of drug-likeness (QED) is 0.272. The van der Waals surface area contributed by atoms with Crippen molar-refractivity contribution in [2.24, 2.45) is 0 Å². The maximum Gasteiger partial charge on any atom is 0.499 e. The molecule has 0 aliphatic carbocycles. The molecule has 5 nitrogen and oxygen atoms in total. The van der Waals surface area contributed by atoms with E-state index in [1.54, 1.807) is 21.3 Å². The zero-order valence-electron chi connectivity index (χ0n) is 20.3. The van der Waals surface area contributed by atoms with Gasteiger partial charge in [0.25, 0.3) is 0 Å². The minimum Gasteiger partial charge on any atom is -0.377 e. The fraction of sp³-hybridized carbons (Fsp3) is 0.714. The Bertz CT molecular complexity index is 645. The summed E-state index contributed by atoms with van der Waals surface area (Å²) in [6, 6.07) is 11.9. The number of rotatable bonds is 15. The molecule has 1 aromatic carbocycles. The summed E-state index contributed by atoms with van der Waals surface area (Å²) in [5, 5.41) is 2.77. The second-order valence-electron chi connectivity index (χ2n) is 9.14. The Morgan fingerprint density at radius 2 is 1.19 bits per heavy atom. The van der Waals surface area contributed by atoms with Gasteiger partial charge in [0.05, 0.1) is 16.1 Å². The van der Waals surface area contributed by atoms with Gasteiger partial charge in [0.15, 0.2) is 0 Å². The first-order valence-electron chi connectivity index (χ1n) is 10.6. The summed E-state index contributed by atoms with van der Waals surface area (Å²) in [7, 11) is 0.0523. The molecule has 0 fully saturated rings. The SMILES string of the molecule is COC(F)(F)COCCC[Si](C)(C)c1ccc([Si](C)(C)CC[Si](OC)(OC)OC)cc1. The van der Waals surface area contributed by atoms with Gasteiger partial charge < -0.3 is 22.8 Å². The van der Waals surface area contributed by atoms with Crippen LogP contribution in [0.4, 0.5) is 8.78 Å². The highest BCUT2D eigenvalue weighted by Crippen LogP contribution is 2.22. The van der Waals surface area contributed by atoms with Crippen LogP contribution in [0.15, 0.2) is 24.3 Å². The molecule has 31 heavy (non-hydrogen) atoms. The highest BCUT2D eigenvalue weighted by atomic mass is 28.4. The molecule has 0 atom stereocenters. The van der Waals surface area contributed by atoms with E-state index in [2.05, 4.69) is 55.2 Å². The van der Waals surface area contributed by atoms with Crippen LogP contribution in [-0.4, -0.2) is 72.7 Å². The van der Waals surface area contributed by atoms with Gasteiger partial charge in [-0.15, -0.1) is 0 Å². The monoisotopic (exact) mass is 494 g/mol. The molecule has 1 aromatic rings. The van der Waals surface area contributed by atoms with Crippen molar-refractivity contribution in [1.82, 2.24) is 0 Å². The highest BCUT2D eigenvalue weighted by molar-refractivity contribution is 6.91. The van der Waals surface area contributed by atoms with Gasteiger partial charge in [-0.3, -0.25) is 0 Å². The van der Waals surface area contributed by atoms with Gasteiger partial charge in [-0.2, -0.15) is 8.78 Å². The van der Waals surface area contributed by atoms with Crippen molar-refractivity contribution in [1.29, 1.82) is 0 Å². The lowest BCUT2D eigenvalue weighted by Gasteiger charge is -2.30. The molecule has 10 heteroatoms. The van der Waals surface area contributed by atoms with Crippen LogP contribution in [0.25, 0.3) is 0 Å². The predicted octanol–water partition coefficient (Wildman–Crippen LogP) is 4.04. The van der Waals surface area contributed by atoms with E-state index in [9.17, 15) is 8.78 Å². The number of hydrogen-bond donors (Lipinski definition) is 0. The molecule has 0 unspecified atom stereocenters. The van der Waals surface area contributed by atoms with E-state index >= 15 is 0 Å². The number of hydrogen-bond acceptors (Lipinski definition) is 5. The summed E-state index contributed by atoms with van der Waals surface area (Å²) >= 11 is 0. The number of alkyl halides is 2. The summed E-state index contributed by atoms with van der Waals surface area (Å²) in [5.74, 6) is 0. The van der Waals surface area contributed by atoms with Crippen molar-refractivity contribution in [3.8, 4) is 0 Å². The summed E-state index contributed by atoms with van der Waals surface area (Å²) < 4.78 is 52.0. The third-order valence-electron chi connectivity index (χ3n) is 6.10. The topological polar surface area (TPSA) is 46.2 Å². The minimum atomic E-state index is -3.21. The van der Waals surface area contributed by atoms with Crippen LogP contribution in [0.5, 0.6) is 0 Å². The normalized spacial score (nSPS) is 13.6. The van der Waals surface area contributed by atoms with E-state index in [0.717, 1.165) is 31.7 Å². The second kappa shape index (κ2) is 12.1. The Hall–Kier alpha value is -0.469. The van der Waals surface area contributed by atoms with Crippen molar-refractivity contribution < 1.29 is 31.5 Å². The summed E-state index contributed by atoms with van der Waals surface area (Å²) in [5.41, 5.74) is 0. The number of benzene rings is 1. The molecule has 0 aromatic heterocycles. The van der Waals surface area contributed by atoms with Crippen LogP contribution in [0.2, 0.25) is 44.3 Å². The maximum atomic E-state index is 13.0. The van der Waals surface area contributed by atoms with Crippen LogP contribution in [0.1, 0.15) is 6.42 Å². The van der Waals surface area contributed by atoms with Crippen molar-refractivity contribution in [2.45, 2.75) is 56.8 Å². The second-order valence-corrected chi connectivity index (χ2v) is 21.9. The Kier molecular flexibility index (Phi) is 11.2. The number of halogens is 2. The lowest BCUT2D eigenvalue weighted by Crippen LogP contribution is -2.49. The Morgan fingerprint density at radius 1 is 0.742 bits per heavy atom. The van der Waals surface area contributed by atoms with Crippen LogP contribution < -0.4 is 10.4 Å². The van der Waals surface area contributed by atoms with E-state index in [1.165, 1.54) is 10.4 Å². The van der Waals surface area contributed by atoms with E-state index < -0.39 is 37.7 Å². The average Bonchev–Trinajstić information content (AvgIpc) is 2.75. The number of ether oxygens (including phenoxy) is 2. The van der Waals surface area contributed by atoms with Crippen LogP contribution in [-0.2, 0) is 22.8 Å². The van der Waals surface area contributed by atoms with Crippen molar-refractivity contribution >= 4 is 35.3 Å². The largest absolute Gasteiger partial charge is 0.499 e. The molecule has 180 valence electrons. The molecule has 0 aliphatic rings. The van der Waals surface area contributed by atoms with Gasteiger partial charge in [0, 0.05) is 41.1 Å². The fourth-order valence-electron chi connectivity index (χ4n) is 3.55. The predicted molar refractivity (Wildman–Crippen MR) is 129 cm³/mol. The van der Waals surface area contributed by atoms with E-state index in [0.29, 0.717) is 6.61 Å². The van der Waals surface area contributed by atoms with Gasteiger partial charge in [0.2, 0.25) is 0 Å². The smallest absolute Gasteiger partial charge is 0.377 e. The molecular weight excluding hydrogens is 454 g/mol. The summed E-state index contributed by atoms with van der Waals surface area (Å²) in [6.45, 7) is 8.96. The number of methoxy groups -OCH3 is 1. The van der Waals surface area contributed by atoms with Gasteiger partial charge in [-0.05, 0) is 12.5 Å². The summed E-state index contributed by atoms with van der Waals surface area (Å²) in [6.07, 6.45) is -2.45. The van der Waals surface area contributed by atoms with Gasteiger partial charge in [0.1, 0.15) is 6.61 Å². The van der Waals surface area contributed by atoms with E-state index in [4.69, 9.17) is 18.0 Å². The molecule has 0 bridgehead atoms. The zero-order chi connectivity index (χ0) is 23.8. The van der Waals surface area contributed by atoms with Crippen molar-refractivity contribution in [2.75, 3.05) is 41.7 Å². The van der Waals surface area contributed by atoms with Crippen molar-refractivity contribution in [3.63, 3.8) is 0 Å². The van der Waals surface area contributed by atoms with Gasteiger partial charge in [-0.1, -0.05) is 66.9 Å². The average molecular weight is 495 g/mol. The molecule has 0 radical (unpaired) electrons. The van der Waals surface area contributed by atoms with Crippen LogP contribution in [0, 0.1) is 0 Å². The van der Waals surface area contributed by atoms with Gasteiger partial charge >= 0.3 is 14.9 Å². The highest BCUT2D eigenvalue weighted by Gasteiger charge is 2.40. The van der Waals surface area contributed by atoms with Crippen molar-refractivity contribution in [3.05, 3.63) is 24.3 Å². The van der Waals surface area contributed by atoms with E-state index in [1.807, 2.05) is 0 Å². The molecule has 0 saturated heterocycles. The molecule has 0 spiro atoms. The van der Waals surface area contributed by atoms with Crippen LogP contribution >= 0.6 is 0 Å². The molecule has 0 heterocycles. The molecule has 0 N–H and O–H groups in total. The first-order chi connectivity index (χ1) is 14.4. The summed E-state index contributed by atoms with van der Waals surface area (Å²) in [4.78, 5) is 0. The zero-order valence-corrected chi connectivity index (χ0v) is 23.3. The molecule has 0 amide bonds. The minimum absolute atomic E-state index is 0.317. The standard InChI is InChI=1S/C21H40F2O5Si3/c1-24-21(22,23)18-28-14-9-15-29(5,6)19-10-12-20(13-11-19)30(7,8)16-17-31(25-2,26-3)27-4/h10-13H,9,14-18H2,1-8H3. The molecule has 0 aliphatic heterocycles. The first kappa shape index (κ1) is 28.6. The lowest BCUT2D eigenvalue weighted by atomic mass is 10.4. The third-order valence-corrected chi connectivity index (χ3v) is 16.2. The van der Waals surface area contributed by atoms with Crippen LogP contribution in [0.3, 0.4) is 0 Å². The van der Waals surface area contributed by atoms with Gasteiger partial charge in [-0.25, -0.2) is 0 Å². The Balaban J connectivity index is 2.67. The Morgan fingerprint density at radius 3 is 1.61 bits per heavy atom.